The van der Waals surface area contributed by atoms with Gasteiger partial charge in [0.05, 0.1) is 0 Å². The van der Waals surface area contributed by atoms with Crippen LogP contribution in [0.15, 0.2) is 54.6 Å². The molecule has 0 aliphatic heterocycles. The number of nitrogens with one attached hydrogen (secondary N) is 2. The molecule has 0 spiro atoms. The second kappa shape index (κ2) is 11.1. The minimum Gasteiger partial charge on any atom is -0.454 e. The predicted octanol–water partition coefficient (Wildman–Crippen LogP) is 2.86. The van der Waals surface area contributed by atoms with Crippen molar-refractivity contribution < 1.29 is 23.5 Å². The Kier molecular flexibility index (Phi) is 8.48. The summed E-state index contributed by atoms with van der Waals surface area (Å²) in [7, 11) is 0. The predicted molar refractivity (Wildman–Crippen MR) is 107 cm³/mol. The molecule has 0 heterocycles. The van der Waals surface area contributed by atoms with Crippen LogP contribution < -0.4 is 10.6 Å². The van der Waals surface area contributed by atoms with Crippen molar-refractivity contribution in [2.24, 2.45) is 0 Å². The Bertz CT molecular complexity index is 817. The molecule has 0 saturated carbocycles. The molecule has 28 heavy (non-hydrogen) atoms. The molecule has 2 rings (SSSR count). The molecule has 2 aromatic rings. The van der Waals surface area contributed by atoms with Crippen LogP contribution in [0.4, 0.5) is 10.1 Å². The molecule has 0 radical (unpaired) electrons. The van der Waals surface area contributed by atoms with Crippen molar-refractivity contribution in [1.82, 2.24) is 5.32 Å². The smallest absolute Gasteiger partial charge is 0.329 e. The van der Waals surface area contributed by atoms with E-state index in [9.17, 15) is 18.8 Å². The molecule has 8 heteroatoms. The van der Waals surface area contributed by atoms with Crippen molar-refractivity contribution in [1.29, 1.82) is 0 Å². The lowest BCUT2D eigenvalue weighted by Gasteiger charge is -2.17. The molecule has 1 unspecified atom stereocenters. The summed E-state index contributed by atoms with van der Waals surface area (Å²) < 4.78 is 18.2. The molecule has 2 N–H and O–H groups in total. The van der Waals surface area contributed by atoms with Gasteiger partial charge in [0.15, 0.2) is 6.61 Å². The van der Waals surface area contributed by atoms with Crippen LogP contribution in [0.1, 0.15) is 16.8 Å². The van der Waals surface area contributed by atoms with Gasteiger partial charge >= 0.3 is 5.97 Å². The maximum absolute atomic E-state index is 13.1. The lowest BCUT2D eigenvalue weighted by Crippen LogP contribution is -2.43. The van der Waals surface area contributed by atoms with Crippen molar-refractivity contribution in [3.8, 4) is 0 Å². The number of thioether (sulfide) groups is 1. The maximum Gasteiger partial charge on any atom is 0.329 e. The summed E-state index contributed by atoms with van der Waals surface area (Å²) in [4.78, 5) is 36.5. The van der Waals surface area contributed by atoms with E-state index in [1.54, 1.807) is 30.3 Å². The van der Waals surface area contributed by atoms with E-state index in [2.05, 4.69) is 10.6 Å². The first-order chi connectivity index (χ1) is 13.5. The van der Waals surface area contributed by atoms with Crippen LogP contribution in [0.2, 0.25) is 0 Å². The number of amides is 2. The summed E-state index contributed by atoms with van der Waals surface area (Å²) in [5.74, 6) is -1.56. The van der Waals surface area contributed by atoms with Crippen LogP contribution in [0.5, 0.6) is 0 Å². The third kappa shape index (κ3) is 7.03. The van der Waals surface area contributed by atoms with Gasteiger partial charge in [-0.25, -0.2) is 9.18 Å². The van der Waals surface area contributed by atoms with E-state index in [1.165, 1.54) is 30.0 Å². The van der Waals surface area contributed by atoms with Gasteiger partial charge in [-0.15, -0.1) is 0 Å². The average molecular weight is 404 g/mol. The number of hydrogen-bond acceptors (Lipinski definition) is 5. The summed E-state index contributed by atoms with van der Waals surface area (Å²) in [5.41, 5.74) is 0.686. The summed E-state index contributed by atoms with van der Waals surface area (Å²) in [6, 6.07) is 13.0. The van der Waals surface area contributed by atoms with Gasteiger partial charge < -0.3 is 15.4 Å². The highest BCUT2D eigenvalue weighted by Crippen LogP contribution is 2.09. The monoisotopic (exact) mass is 404 g/mol. The highest BCUT2D eigenvalue weighted by atomic mass is 32.2. The summed E-state index contributed by atoms with van der Waals surface area (Å²) in [6.07, 6.45) is 2.25. The zero-order valence-electron chi connectivity index (χ0n) is 15.3. The zero-order valence-corrected chi connectivity index (χ0v) is 16.1. The van der Waals surface area contributed by atoms with Gasteiger partial charge in [0.2, 0.25) is 0 Å². The van der Waals surface area contributed by atoms with Crippen LogP contribution in [0.3, 0.4) is 0 Å². The lowest BCUT2D eigenvalue weighted by atomic mass is 10.1. The van der Waals surface area contributed by atoms with Gasteiger partial charge in [0.25, 0.3) is 11.8 Å². The fraction of sp³-hybridized carbons (Fsp3) is 0.250. The maximum atomic E-state index is 13.1. The van der Waals surface area contributed by atoms with Gasteiger partial charge in [0, 0.05) is 11.3 Å². The van der Waals surface area contributed by atoms with Crippen molar-refractivity contribution in [2.75, 3.05) is 23.9 Å². The number of benzene rings is 2. The van der Waals surface area contributed by atoms with E-state index in [0.29, 0.717) is 17.7 Å². The lowest BCUT2D eigenvalue weighted by molar-refractivity contribution is -0.149. The average Bonchev–Trinajstić information content (AvgIpc) is 2.69. The fourth-order valence-corrected chi connectivity index (χ4v) is 2.79. The number of hydrogen-bond donors (Lipinski definition) is 2. The van der Waals surface area contributed by atoms with Gasteiger partial charge in [-0.1, -0.05) is 24.3 Å². The molecular weight excluding hydrogens is 383 g/mol. The normalized spacial score (nSPS) is 11.4. The largest absolute Gasteiger partial charge is 0.454 e. The standard InChI is InChI=1S/C20H21FN2O4S/c1-28-11-10-17(23-19(25)14-6-3-2-4-7-14)20(26)27-13-18(24)22-16-9-5-8-15(21)12-16/h2-9,12,17H,10-11,13H2,1H3,(H,22,24)(H,23,25). The van der Waals surface area contributed by atoms with Crippen LogP contribution in [-0.4, -0.2) is 42.4 Å². The first-order valence-electron chi connectivity index (χ1n) is 8.56. The molecule has 0 aliphatic rings. The first-order valence-corrected chi connectivity index (χ1v) is 9.96. The molecule has 0 bridgehead atoms. The molecule has 0 saturated heterocycles. The van der Waals surface area contributed by atoms with Crippen molar-refractivity contribution in [3.05, 3.63) is 66.0 Å². The number of anilines is 1. The fourth-order valence-electron chi connectivity index (χ4n) is 2.32. The van der Waals surface area contributed by atoms with Gasteiger partial charge in [0.1, 0.15) is 11.9 Å². The van der Waals surface area contributed by atoms with Crippen LogP contribution in [0, 0.1) is 5.82 Å². The van der Waals surface area contributed by atoms with E-state index >= 15 is 0 Å². The Morgan fingerprint density at radius 2 is 1.86 bits per heavy atom. The summed E-state index contributed by atoms with van der Waals surface area (Å²) in [6.45, 7) is -0.535. The van der Waals surface area contributed by atoms with Crippen LogP contribution >= 0.6 is 11.8 Å². The first kappa shape index (κ1) is 21.4. The number of halogens is 1. The van der Waals surface area contributed by atoms with Crippen LogP contribution in [0.25, 0.3) is 0 Å². The van der Waals surface area contributed by atoms with Crippen molar-refractivity contribution >= 4 is 35.2 Å². The molecule has 0 fully saturated rings. The molecule has 6 nitrogen and oxygen atoms in total. The third-order valence-electron chi connectivity index (χ3n) is 3.69. The zero-order chi connectivity index (χ0) is 20.4. The number of carbonyl (C=O) groups excluding carboxylic acids is 3. The van der Waals surface area contributed by atoms with Crippen LogP contribution in [-0.2, 0) is 14.3 Å². The molecular formula is C20H21FN2O4S. The second-order valence-corrected chi connectivity index (χ2v) is 6.83. The molecule has 148 valence electrons. The second-order valence-electron chi connectivity index (χ2n) is 5.84. The minimum absolute atomic E-state index is 0.261. The SMILES string of the molecule is CSCCC(NC(=O)c1ccccc1)C(=O)OCC(=O)Nc1cccc(F)c1. The quantitative estimate of drug-likeness (QED) is 0.628. The van der Waals surface area contributed by atoms with E-state index in [4.69, 9.17) is 4.74 Å². The highest BCUT2D eigenvalue weighted by Gasteiger charge is 2.23. The Balaban J connectivity index is 1.90. The Morgan fingerprint density at radius 1 is 1.11 bits per heavy atom. The number of rotatable bonds is 9. The van der Waals surface area contributed by atoms with Crippen molar-refractivity contribution in [3.63, 3.8) is 0 Å². The Hall–Kier alpha value is -2.87. The molecule has 1 atom stereocenters. The Labute approximate surface area is 166 Å². The summed E-state index contributed by atoms with van der Waals surface area (Å²) in [5, 5.41) is 5.08. The van der Waals surface area contributed by atoms with Crippen molar-refractivity contribution in [2.45, 2.75) is 12.5 Å². The number of carbonyl (C=O) groups is 3. The minimum atomic E-state index is -0.873. The van der Waals surface area contributed by atoms with E-state index < -0.39 is 36.2 Å². The van der Waals surface area contributed by atoms with Gasteiger partial charge in [-0.05, 0) is 48.8 Å². The Morgan fingerprint density at radius 3 is 2.54 bits per heavy atom. The number of ether oxygens (including phenoxy) is 1. The molecule has 0 aliphatic carbocycles. The van der Waals surface area contributed by atoms with E-state index in [-0.39, 0.29) is 5.69 Å². The van der Waals surface area contributed by atoms with E-state index in [0.717, 1.165) is 6.07 Å². The third-order valence-corrected chi connectivity index (χ3v) is 4.33. The molecule has 0 aromatic heterocycles. The van der Waals surface area contributed by atoms with E-state index in [1.807, 2.05) is 6.26 Å². The molecule has 2 aromatic carbocycles. The summed E-state index contributed by atoms with van der Waals surface area (Å²) >= 11 is 1.52. The molecule has 2 amide bonds. The topological polar surface area (TPSA) is 84.5 Å². The van der Waals surface area contributed by atoms with Gasteiger partial charge in [-0.3, -0.25) is 9.59 Å². The van der Waals surface area contributed by atoms with Gasteiger partial charge in [-0.2, -0.15) is 11.8 Å². The highest BCUT2D eigenvalue weighted by molar-refractivity contribution is 7.98. The number of esters is 1.